The lowest BCUT2D eigenvalue weighted by Crippen LogP contribution is -2.25. The van der Waals surface area contributed by atoms with E-state index in [-0.39, 0.29) is 31.6 Å². The first-order valence-corrected chi connectivity index (χ1v) is 22.3. The molecule has 0 spiro atoms. The zero-order chi connectivity index (χ0) is 39.6. The van der Waals surface area contributed by atoms with Gasteiger partial charge in [0, 0.05) is 12.8 Å². The van der Waals surface area contributed by atoms with Crippen LogP contribution < -0.4 is 0 Å². The van der Waals surface area contributed by atoms with Crippen LogP contribution in [-0.4, -0.2) is 47.6 Å². The van der Waals surface area contributed by atoms with Crippen molar-refractivity contribution < 1.29 is 29.3 Å². The molecule has 3 atom stereocenters. The number of carbonyl (C=O) groups is 2. The average molecular weight is 757 g/mol. The van der Waals surface area contributed by atoms with Gasteiger partial charge >= 0.3 is 11.9 Å². The molecular weight excluding hydrogens is 673 g/mol. The van der Waals surface area contributed by atoms with Gasteiger partial charge in [0.25, 0.3) is 0 Å². The average Bonchev–Trinajstić information content (AvgIpc) is 3.17. The molecule has 0 saturated heterocycles. The molecule has 2 unspecified atom stereocenters. The molecule has 0 bridgehead atoms. The van der Waals surface area contributed by atoms with Gasteiger partial charge in [-0.25, -0.2) is 0 Å². The first-order chi connectivity index (χ1) is 26.4. The van der Waals surface area contributed by atoms with E-state index in [0.717, 1.165) is 50.9 Å². The van der Waals surface area contributed by atoms with Gasteiger partial charge in [-0.2, -0.15) is 0 Å². The normalized spacial score (nSPS) is 13.9. The highest BCUT2D eigenvalue weighted by Gasteiger charge is 2.12. The van der Waals surface area contributed by atoms with Gasteiger partial charge in [0.15, 0.2) is 0 Å². The SMILES string of the molecule is CC/C=C\C(O)C/C=C/C=C\C/C=C\C/C=C\CCCC(=O)OC[C@H](O)COC(=O)CCCCCCCCCCCCCCCCCCCCC(C)CC. The zero-order valence-electron chi connectivity index (χ0n) is 35.2. The van der Waals surface area contributed by atoms with Gasteiger partial charge < -0.3 is 19.7 Å². The number of ether oxygens (including phenoxy) is 2. The fraction of sp³-hybridized carbons (Fsp3) is 0.750. The number of hydrogen-bond donors (Lipinski definition) is 2. The van der Waals surface area contributed by atoms with E-state index < -0.39 is 12.2 Å². The minimum Gasteiger partial charge on any atom is -0.463 e. The number of aliphatic hydroxyl groups is 2. The Bertz CT molecular complexity index is 980. The molecule has 312 valence electrons. The van der Waals surface area contributed by atoms with Crippen LogP contribution in [-0.2, 0) is 19.1 Å². The van der Waals surface area contributed by atoms with Crippen molar-refractivity contribution in [3.63, 3.8) is 0 Å². The van der Waals surface area contributed by atoms with E-state index in [0.29, 0.717) is 19.3 Å². The van der Waals surface area contributed by atoms with Gasteiger partial charge in [-0.15, -0.1) is 0 Å². The van der Waals surface area contributed by atoms with Crippen molar-refractivity contribution in [3.8, 4) is 0 Å². The third-order valence-electron chi connectivity index (χ3n) is 9.88. The second-order valence-electron chi connectivity index (χ2n) is 15.2. The lowest BCUT2D eigenvalue weighted by atomic mass is 9.99. The summed E-state index contributed by atoms with van der Waals surface area (Å²) in [4.78, 5) is 24.0. The molecule has 6 heteroatoms. The van der Waals surface area contributed by atoms with Crippen LogP contribution in [0.4, 0.5) is 0 Å². The third-order valence-corrected chi connectivity index (χ3v) is 9.88. The van der Waals surface area contributed by atoms with Crippen molar-refractivity contribution in [2.75, 3.05) is 13.2 Å². The summed E-state index contributed by atoms with van der Waals surface area (Å²) in [5, 5.41) is 19.8. The maximum atomic E-state index is 12.0. The van der Waals surface area contributed by atoms with E-state index in [1.165, 1.54) is 109 Å². The summed E-state index contributed by atoms with van der Waals surface area (Å²) in [6.45, 7) is 6.42. The topological polar surface area (TPSA) is 93.1 Å². The summed E-state index contributed by atoms with van der Waals surface area (Å²) in [5.74, 6) is 0.259. The van der Waals surface area contributed by atoms with Gasteiger partial charge in [0.1, 0.15) is 19.3 Å². The number of allylic oxidation sites excluding steroid dienone is 8. The van der Waals surface area contributed by atoms with Crippen molar-refractivity contribution in [1.82, 2.24) is 0 Å². The molecular formula is C48H84O6. The third kappa shape index (κ3) is 40.7. The molecule has 0 radical (unpaired) electrons. The van der Waals surface area contributed by atoms with Crippen LogP contribution in [0.15, 0.2) is 60.8 Å². The molecule has 6 nitrogen and oxygen atoms in total. The number of unbranched alkanes of at least 4 members (excludes halogenated alkanes) is 18. The van der Waals surface area contributed by atoms with Crippen molar-refractivity contribution in [3.05, 3.63) is 60.8 Å². The minimum atomic E-state index is -1.000. The first kappa shape index (κ1) is 51.6. The Labute approximate surface area is 333 Å². The maximum Gasteiger partial charge on any atom is 0.305 e. The molecule has 0 fully saturated rings. The van der Waals surface area contributed by atoms with Crippen LogP contribution in [0.25, 0.3) is 0 Å². The first-order valence-electron chi connectivity index (χ1n) is 22.3. The van der Waals surface area contributed by atoms with Crippen molar-refractivity contribution in [1.29, 1.82) is 0 Å². The number of aliphatic hydroxyl groups excluding tert-OH is 2. The largest absolute Gasteiger partial charge is 0.463 e. The predicted octanol–water partition coefficient (Wildman–Crippen LogP) is 13.2. The van der Waals surface area contributed by atoms with Crippen LogP contribution in [0.3, 0.4) is 0 Å². The van der Waals surface area contributed by atoms with Crippen molar-refractivity contribution in [2.24, 2.45) is 5.92 Å². The lowest BCUT2D eigenvalue weighted by Gasteiger charge is -2.12. The Balaban J connectivity index is 3.51. The fourth-order valence-corrected chi connectivity index (χ4v) is 6.12. The summed E-state index contributed by atoms with van der Waals surface area (Å²) in [6.07, 6.45) is 50.6. The van der Waals surface area contributed by atoms with Crippen molar-refractivity contribution in [2.45, 2.75) is 213 Å². The molecule has 2 N–H and O–H groups in total. The molecule has 0 rings (SSSR count). The van der Waals surface area contributed by atoms with Gasteiger partial charge in [-0.05, 0) is 50.9 Å². The summed E-state index contributed by atoms with van der Waals surface area (Å²) in [6, 6.07) is 0. The summed E-state index contributed by atoms with van der Waals surface area (Å²) >= 11 is 0. The maximum absolute atomic E-state index is 12.0. The number of hydrogen-bond acceptors (Lipinski definition) is 6. The molecule has 0 amide bonds. The highest BCUT2D eigenvalue weighted by molar-refractivity contribution is 5.69. The van der Waals surface area contributed by atoms with Gasteiger partial charge in [-0.1, -0.05) is 204 Å². The summed E-state index contributed by atoms with van der Waals surface area (Å²) in [5.41, 5.74) is 0. The molecule has 0 aliphatic heterocycles. The van der Waals surface area contributed by atoms with Crippen LogP contribution in [0.1, 0.15) is 201 Å². The van der Waals surface area contributed by atoms with E-state index in [1.54, 1.807) is 0 Å². The van der Waals surface area contributed by atoms with E-state index >= 15 is 0 Å². The number of carbonyl (C=O) groups excluding carboxylic acids is 2. The van der Waals surface area contributed by atoms with Crippen LogP contribution in [0.5, 0.6) is 0 Å². The summed E-state index contributed by atoms with van der Waals surface area (Å²) in [7, 11) is 0. The van der Waals surface area contributed by atoms with Crippen molar-refractivity contribution >= 4 is 11.9 Å². The quantitative estimate of drug-likeness (QED) is 0.0281. The van der Waals surface area contributed by atoms with Gasteiger partial charge in [-0.3, -0.25) is 9.59 Å². The predicted molar refractivity (Wildman–Crippen MR) is 229 cm³/mol. The Morgan fingerprint density at radius 1 is 0.537 bits per heavy atom. The molecule has 0 saturated carbocycles. The zero-order valence-corrected chi connectivity index (χ0v) is 35.2. The molecule has 54 heavy (non-hydrogen) atoms. The summed E-state index contributed by atoms with van der Waals surface area (Å²) < 4.78 is 10.3. The smallest absolute Gasteiger partial charge is 0.305 e. The molecule has 0 aromatic rings. The van der Waals surface area contributed by atoms with E-state index in [4.69, 9.17) is 9.47 Å². The molecule has 0 aromatic heterocycles. The second kappa shape index (κ2) is 41.7. The van der Waals surface area contributed by atoms with E-state index in [2.05, 4.69) is 44.2 Å². The number of esters is 2. The number of rotatable bonds is 39. The highest BCUT2D eigenvalue weighted by Crippen LogP contribution is 2.17. The second-order valence-corrected chi connectivity index (χ2v) is 15.2. The Kier molecular flexibility index (Phi) is 39.8. The molecule has 0 aromatic carbocycles. The fourth-order valence-electron chi connectivity index (χ4n) is 6.12. The monoisotopic (exact) mass is 757 g/mol. The Morgan fingerprint density at radius 2 is 0.981 bits per heavy atom. The molecule has 0 heterocycles. The van der Waals surface area contributed by atoms with E-state index in [9.17, 15) is 19.8 Å². The highest BCUT2D eigenvalue weighted by atomic mass is 16.6. The van der Waals surface area contributed by atoms with Gasteiger partial charge in [0.05, 0.1) is 6.10 Å². The van der Waals surface area contributed by atoms with Crippen LogP contribution >= 0.6 is 0 Å². The Morgan fingerprint density at radius 3 is 1.50 bits per heavy atom. The van der Waals surface area contributed by atoms with Crippen LogP contribution in [0.2, 0.25) is 0 Å². The lowest BCUT2D eigenvalue weighted by molar-refractivity contribution is -0.152. The molecule has 0 aliphatic carbocycles. The van der Waals surface area contributed by atoms with Gasteiger partial charge in [0.2, 0.25) is 0 Å². The van der Waals surface area contributed by atoms with Crippen LogP contribution in [0, 0.1) is 5.92 Å². The Hall–Kier alpha value is -2.44. The molecule has 0 aliphatic rings. The van der Waals surface area contributed by atoms with E-state index in [1.807, 2.05) is 37.3 Å². The standard InChI is InChI=1S/C48H84O6/c1-4-6-38-45(49)39-34-30-26-22-18-15-16-20-24-28-32-36-41-48(52)54-43-46(50)42-53-47(51)40-35-31-27-23-19-14-12-10-8-7-9-11-13-17-21-25-29-33-37-44(3)5-2/h6,15-16,22,24,26,28,30,34,38,44-46,49-50H,4-5,7-14,17-21,23,25,27,29,31-33,35-37,39-43H2,1-3H3/b16-15-,26-22-,28-24-,34-30+,38-6-/t44?,45?,46-/m1/s1. The minimum absolute atomic E-state index is 0.144.